The molecule has 33 heavy (non-hydrogen) atoms. The number of urea groups is 1. The molecule has 1 aromatic carbocycles. The molecule has 2 fully saturated rings. The van der Waals surface area contributed by atoms with E-state index in [1.807, 2.05) is 6.92 Å². The van der Waals surface area contributed by atoms with Gasteiger partial charge < -0.3 is 15.4 Å². The van der Waals surface area contributed by atoms with Gasteiger partial charge in [-0.05, 0) is 44.7 Å². The number of nitrogens with zero attached hydrogens (tertiary/aromatic N) is 2. The van der Waals surface area contributed by atoms with Crippen molar-refractivity contribution in [3.8, 4) is 0 Å². The van der Waals surface area contributed by atoms with Crippen LogP contribution in [0.5, 0.6) is 0 Å². The average molecular weight is 456 g/mol. The predicted molar refractivity (Wildman–Crippen MR) is 118 cm³/mol. The molecule has 1 aliphatic carbocycles. The molecule has 10 nitrogen and oxygen atoms in total. The molecule has 0 bridgehead atoms. The Balaban J connectivity index is 1.42. The summed E-state index contributed by atoms with van der Waals surface area (Å²) in [6.07, 6.45) is 3.17. The van der Waals surface area contributed by atoms with Crippen molar-refractivity contribution in [2.24, 2.45) is 5.92 Å². The third kappa shape index (κ3) is 3.73. The summed E-state index contributed by atoms with van der Waals surface area (Å²) in [6.45, 7) is 3.90. The van der Waals surface area contributed by atoms with Crippen LogP contribution in [0.15, 0.2) is 24.3 Å². The van der Waals surface area contributed by atoms with E-state index >= 15 is 0 Å². The molecule has 2 atom stereocenters. The van der Waals surface area contributed by atoms with Crippen molar-refractivity contribution < 1.29 is 28.7 Å². The topological polar surface area (TPSA) is 125 Å². The zero-order valence-electron chi connectivity index (χ0n) is 19.0. The summed E-state index contributed by atoms with van der Waals surface area (Å²) in [5.74, 6) is -2.29. The summed E-state index contributed by atoms with van der Waals surface area (Å²) in [4.78, 5) is 65.6. The second kappa shape index (κ2) is 8.17. The Morgan fingerprint density at radius 2 is 1.88 bits per heavy atom. The maximum atomic E-state index is 13.0. The molecule has 3 aliphatic rings. The Labute approximate surface area is 191 Å². The van der Waals surface area contributed by atoms with E-state index in [1.54, 1.807) is 38.1 Å². The van der Waals surface area contributed by atoms with Crippen molar-refractivity contribution >= 4 is 41.1 Å². The van der Waals surface area contributed by atoms with Crippen LogP contribution in [0.1, 0.15) is 46.5 Å². The van der Waals surface area contributed by atoms with Crippen LogP contribution in [-0.2, 0) is 23.9 Å². The monoisotopic (exact) mass is 456 g/mol. The molecule has 10 heteroatoms. The van der Waals surface area contributed by atoms with Crippen molar-refractivity contribution in [2.75, 3.05) is 23.4 Å². The molecule has 0 radical (unpaired) electrons. The first-order valence-electron chi connectivity index (χ1n) is 11.1. The minimum Gasteiger partial charge on any atom is -0.454 e. The van der Waals surface area contributed by atoms with E-state index in [4.69, 9.17) is 4.74 Å². The SMILES string of the molecule is C[C@@H]1CCCC[C@@]12NC(=O)N(CC(=O)OCC(=O)N1c3ccccc3NC(=O)C1(C)C)C2=O. The summed E-state index contributed by atoms with van der Waals surface area (Å²) >= 11 is 0. The van der Waals surface area contributed by atoms with Crippen molar-refractivity contribution in [1.29, 1.82) is 0 Å². The number of carbonyl (C=O) groups is 5. The van der Waals surface area contributed by atoms with Crippen LogP contribution in [0, 0.1) is 5.92 Å². The molecule has 1 spiro atoms. The highest BCUT2D eigenvalue weighted by Gasteiger charge is 2.55. The highest BCUT2D eigenvalue weighted by Crippen LogP contribution is 2.38. The molecule has 176 valence electrons. The third-order valence-electron chi connectivity index (χ3n) is 6.90. The van der Waals surface area contributed by atoms with Gasteiger partial charge in [0.1, 0.15) is 17.6 Å². The van der Waals surface area contributed by atoms with E-state index in [0.29, 0.717) is 17.8 Å². The number of hydrogen-bond donors (Lipinski definition) is 2. The number of fused-ring (bicyclic) bond motifs is 1. The standard InChI is InChI=1S/C23H28N4O6/c1-14-8-6-7-11-23(14)20(31)26(21(32)25-23)12-18(29)33-13-17(28)27-16-10-5-4-9-15(16)24-19(30)22(27,2)3/h4-5,9-10,14H,6-8,11-13H2,1-3H3,(H,24,30)(H,25,32)/t14-,23-/m1/s1. The number of amides is 5. The highest BCUT2D eigenvalue weighted by molar-refractivity contribution is 6.14. The van der Waals surface area contributed by atoms with Crippen LogP contribution in [0.3, 0.4) is 0 Å². The van der Waals surface area contributed by atoms with Gasteiger partial charge in [0.05, 0.1) is 11.4 Å². The highest BCUT2D eigenvalue weighted by atomic mass is 16.5. The maximum absolute atomic E-state index is 13.0. The lowest BCUT2D eigenvalue weighted by atomic mass is 9.73. The molecule has 1 saturated heterocycles. The Bertz CT molecular complexity index is 1040. The molecule has 2 N–H and O–H groups in total. The fraction of sp³-hybridized carbons (Fsp3) is 0.522. The number of nitrogens with one attached hydrogen (secondary N) is 2. The average Bonchev–Trinajstić information content (AvgIpc) is 3.00. The van der Waals surface area contributed by atoms with E-state index in [0.717, 1.165) is 24.2 Å². The second-order valence-corrected chi connectivity index (χ2v) is 9.36. The number of anilines is 2. The number of carbonyl (C=O) groups excluding carboxylic acids is 5. The molecule has 2 heterocycles. The van der Waals surface area contributed by atoms with E-state index < -0.39 is 48.0 Å². The molecule has 0 aromatic heterocycles. The molecular weight excluding hydrogens is 428 g/mol. The van der Waals surface area contributed by atoms with Crippen molar-refractivity contribution in [2.45, 2.75) is 57.5 Å². The molecule has 1 aromatic rings. The van der Waals surface area contributed by atoms with Gasteiger partial charge in [0.2, 0.25) is 5.91 Å². The minimum absolute atomic E-state index is 0.0298. The lowest BCUT2D eigenvalue weighted by Gasteiger charge is -2.41. The Morgan fingerprint density at radius 1 is 1.15 bits per heavy atom. The van der Waals surface area contributed by atoms with Gasteiger partial charge in [-0.15, -0.1) is 0 Å². The van der Waals surface area contributed by atoms with E-state index in [2.05, 4.69) is 10.6 Å². The first-order chi connectivity index (χ1) is 15.6. The van der Waals surface area contributed by atoms with Gasteiger partial charge in [0, 0.05) is 0 Å². The quantitative estimate of drug-likeness (QED) is 0.526. The number of benzene rings is 1. The number of rotatable bonds is 4. The van der Waals surface area contributed by atoms with E-state index in [-0.39, 0.29) is 11.8 Å². The lowest BCUT2D eigenvalue weighted by molar-refractivity contribution is -0.151. The van der Waals surface area contributed by atoms with Crippen LogP contribution in [0.2, 0.25) is 0 Å². The zero-order valence-corrected chi connectivity index (χ0v) is 19.0. The van der Waals surface area contributed by atoms with Crippen LogP contribution < -0.4 is 15.5 Å². The first-order valence-corrected chi connectivity index (χ1v) is 11.1. The lowest BCUT2D eigenvalue weighted by Crippen LogP contribution is -2.59. The van der Waals surface area contributed by atoms with Crippen LogP contribution in [0.25, 0.3) is 0 Å². The van der Waals surface area contributed by atoms with Crippen LogP contribution in [0.4, 0.5) is 16.2 Å². The smallest absolute Gasteiger partial charge is 0.326 e. The second-order valence-electron chi connectivity index (χ2n) is 9.36. The summed E-state index contributed by atoms with van der Waals surface area (Å²) in [6, 6.07) is 6.21. The Hall–Kier alpha value is -3.43. The van der Waals surface area contributed by atoms with Gasteiger partial charge in [0.15, 0.2) is 6.61 Å². The van der Waals surface area contributed by atoms with Gasteiger partial charge in [0.25, 0.3) is 11.8 Å². The predicted octanol–water partition coefficient (Wildman–Crippen LogP) is 1.79. The number of esters is 1. The summed E-state index contributed by atoms with van der Waals surface area (Å²) in [7, 11) is 0. The fourth-order valence-electron chi connectivity index (χ4n) is 4.92. The van der Waals surface area contributed by atoms with Gasteiger partial charge in [-0.2, -0.15) is 0 Å². The fourth-order valence-corrected chi connectivity index (χ4v) is 4.92. The zero-order chi connectivity index (χ0) is 24.0. The third-order valence-corrected chi connectivity index (χ3v) is 6.90. The minimum atomic E-state index is -1.20. The molecule has 1 saturated carbocycles. The molecule has 2 aliphatic heterocycles. The molecular formula is C23H28N4O6. The normalized spacial score (nSPS) is 26.0. The van der Waals surface area contributed by atoms with Gasteiger partial charge >= 0.3 is 12.0 Å². The molecule has 5 amide bonds. The summed E-state index contributed by atoms with van der Waals surface area (Å²) < 4.78 is 5.13. The van der Waals surface area contributed by atoms with Crippen LogP contribution >= 0.6 is 0 Å². The summed E-state index contributed by atoms with van der Waals surface area (Å²) in [5.41, 5.74) is -1.20. The molecule has 4 rings (SSSR count). The van der Waals surface area contributed by atoms with Crippen molar-refractivity contribution in [1.82, 2.24) is 10.2 Å². The number of hydrogen-bond acceptors (Lipinski definition) is 6. The van der Waals surface area contributed by atoms with E-state index in [1.165, 1.54) is 4.90 Å². The van der Waals surface area contributed by atoms with Crippen molar-refractivity contribution in [3.05, 3.63) is 24.3 Å². The van der Waals surface area contributed by atoms with Crippen LogP contribution in [-0.4, -0.2) is 58.9 Å². The maximum Gasteiger partial charge on any atom is 0.326 e. The number of imide groups is 1. The van der Waals surface area contributed by atoms with Gasteiger partial charge in [-0.1, -0.05) is 31.9 Å². The Morgan fingerprint density at radius 3 is 2.61 bits per heavy atom. The van der Waals surface area contributed by atoms with Crippen molar-refractivity contribution in [3.63, 3.8) is 0 Å². The van der Waals surface area contributed by atoms with E-state index in [9.17, 15) is 24.0 Å². The Kier molecular flexibility index (Phi) is 5.63. The first kappa shape index (κ1) is 22.8. The number of ether oxygens (including phenoxy) is 1. The van der Waals surface area contributed by atoms with Gasteiger partial charge in [-0.25, -0.2) is 4.79 Å². The van der Waals surface area contributed by atoms with Gasteiger partial charge in [-0.3, -0.25) is 29.0 Å². The summed E-state index contributed by atoms with van der Waals surface area (Å²) in [5, 5.41) is 5.54. The molecule has 0 unspecified atom stereocenters. The number of para-hydroxylation sites is 2. The largest absolute Gasteiger partial charge is 0.454 e.